The van der Waals surface area contributed by atoms with Crippen LogP contribution < -0.4 is 10.5 Å². The van der Waals surface area contributed by atoms with Crippen molar-refractivity contribution in [2.75, 3.05) is 13.7 Å². The maximum atomic E-state index is 9.75. The van der Waals surface area contributed by atoms with Crippen molar-refractivity contribution in [1.82, 2.24) is 0 Å². The van der Waals surface area contributed by atoms with E-state index in [1.165, 1.54) is 7.11 Å². The summed E-state index contributed by atoms with van der Waals surface area (Å²) in [6.07, 6.45) is 0. The zero-order chi connectivity index (χ0) is 11.6. The van der Waals surface area contributed by atoms with Crippen LogP contribution in [0.1, 0.15) is 24.0 Å². The largest absolute Gasteiger partial charge is 0.503 e. The molecule has 1 aromatic carbocycles. The molecule has 0 bridgehead atoms. The van der Waals surface area contributed by atoms with Crippen LogP contribution in [0.25, 0.3) is 0 Å². The SMILES string of the molecule is COc1cc(C)c(C(C)CN)c(Cl)c1O. The summed E-state index contributed by atoms with van der Waals surface area (Å²) in [5, 5.41) is 10.1. The van der Waals surface area contributed by atoms with E-state index in [4.69, 9.17) is 22.1 Å². The fourth-order valence-corrected chi connectivity index (χ4v) is 2.06. The van der Waals surface area contributed by atoms with Crippen LogP contribution in [-0.2, 0) is 0 Å². The van der Waals surface area contributed by atoms with Crippen LogP contribution in [0.5, 0.6) is 11.5 Å². The minimum atomic E-state index is -0.0138. The highest BCUT2D eigenvalue weighted by atomic mass is 35.5. The maximum absolute atomic E-state index is 9.75. The molecule has 84 valence electrons. The van der Waals surface area contributed by atoms with Gasteiger partial charge in [-0.15, -0.1) is 0 Å². The molecule has 1 unspecified atom stereocenters. The van der Waals surface area contributed by atoms with Gasteiger partial charge in [-0.1, -0.05) is 18.5 Å². The predicted molar refractivity (Wildman–Crippen MR) is 61.9 cm³/mol. The summed E-state index contributed by atoms with van der Waals surface area (Å²) in [4.78, 5) is 0. The third kappa shape index (κ3) is 2.19. The van der Waals surface area contributed by atoms with E-state index in [1.54, 1.807) is 6.07 Å². The highest BCUT2D eigenvalue weighted by molar-refractivity contribution is 6.33. The molecule has 1 rings (SSSR count). The fourth-order valence-electron chi connectivity index (χ4n) is 1.63. The number of aromatic hydroxyl groups is 1. The molecule has 0 heterocycles. The van der Waals surface area contributed by atoms with Gasteiger partial charge in [0.1, 0.15) is 0 Å². The first-order valence-electron chi connectivity index (χ1n) is 4.78. The summed E-state index contributed by atoms with van der Waals surface area (Å²) in [5.41, 5.74) is 7.46. The number of phenols is 1. The van der Waals surface area contributed by atoms with Gasteiger partial charge in [0, 0.05) is 0 Å². The molecule has 15 heavy (non-hydrogen) atoms. The molecule has 1 aromatic rings. The number of hydrogen-bond acceptors (Lipinski definition) is 3. The van der Waals surface area contributed by atoms with Crippen molar-refractivity contribution >= 4 is 11.6 Å². The first-order chi connectivity index (χ1) is 7.02. The van der Waals surface area contributed by atoms with Crippen LogP contribution >= 0.6 is 11.6 Å². The smallest absolute Gasteiger partial charge is 0.177 e. The molecule has 4 heteroatoms. The zero-order valence-electron chi connectivity index (χ0n) is 9.17. The number of hydrogen-bond donors (Lipinski definition) is 2. The van der Waals surface area contributed by atoms with E-state index in [-0.39, 0.29) is 11.7 Å². The van der Waals surface area contributed by atoms with Gasteiger partial charge in [0.25, 0.3) is 0 Å². The second-order valence-electron chi connectivity index (χ2n) is 3.61. The van der Waals surface area contributed by atoms with E-state index in [1.807, 2.05) is 13.8 Å². The monoisotopic (exact) mass is 229 g/mol. The van der Waals surface area contributed by atoms with E-state index >= 15 is 0 Å². The Morgan fingerprint density at radius 3 is 2.67 bits per heavy atom. The van der Waals surface area contributed by atoms with E-state index in [0.29, 0.717) is 17.3 Å². The van der Waals surface area contributed by atoms with Crippen LogP contribution in [0.3, 0.4) is 0 Å². The molecular formula is C11H16ClNO2. The van der Waals surface area contributed by atoms with Crippen LogP contribution in [-0.4, -0.2) is 18.8 Å². The second kappa shape index (κ2) is 4.73. The Morgan fingerprint density at radius 1 is 1.60 bits per heavy atom. The standard InChI is InChI=1S/C11H16ClNO2/c1-6-4-8(15-3)11(14)10(12)9(6)7(2)5-13/h4,7,14H,5,13H2,1-3H3. The molecule has 3 nitrogen and oxygen atoms in total. The minimum absolute atomic E-state index is 0.0138. The number of methoxy groups -OCH3 is 1. The molecule has 3 N–H and O–H groups in total. The lowest BCUT2D eigenvalue weighted by Gasteiger charge is -2.17. The van der Waals surface area contributed by atoms with E-state index in [0.717, 1.165) is 11.1 Å². The summed E-state index contributed by atoms with van der Waals surface area (Å²) in [6.45, 7) is 4.39. The Balaban J connectivity index is 3.35. The number of aryl methyl sites for hydroxylation is 1. The number of rotatable bonds is 3. The minimum Gasteiger partial charge on any atom is -0.503 e. The van der Waals surface area contributed by atoms with Crippen LogP contribution in [0, 0.1) is 6.92 Å². The third-order valence-corrected chi connectivity index (χ3v) is 2.90. The lowest BCUT2D eigenvalue weighted by atomic mass is 9.95. The number of benzene rings is 1. The van der Waals surface area contributed by atoms with Crippen LogP contribution in [0.15, 0.2) is 6.07 Å². The summed E-state index contributed by atoms with van der Waals surface area (Å²) < 4.78 is 5.01. The van der Waals surface area contributed by atoms with Gasteiger partial charge in [0.2, 0.25) is 0 Å². The van der Waals surface area contributed by atoms with Gasteiger partial charge in [-0.05, 0) is 36.6 Å². The van der Waals surface area contributed by atoms with Crippen molar-refractivity contribution in [1.29, 1.82) is 0 Å². The molecule has 0 aliphatic carbocycles. The van der Waals surface area contributed by atoms with Crippen molar-refractivity contribution in [3.8, 4) is 11.5 Å². The molecule has 0 amide bonds. The lowest BCUT2D eigenvalue weighted by Crippen LogP contribution is -2.11. The molecule has 0 radical (unpaired) electrons. The van der Waals surface area contributed by atoms with Gasteiger partial charge in [-0.25, -0.2) is 0 Å². The molecule has 0 spiro atoms. The summed E-state index contributed by atoms with van der Waals surface area (Å²) >= 11 is 6.07. The fraction of sp³-hybridized carbons (Fsp3) is 0.455. The Bertz CT molecular complexity index is 366. The van der Waals surface area contributed by atoms with Crippen molar-refractivity contribution in [2.45, 2.75) is 19.8 Å². The normalized spacial score (nSPS) is 12.6. The van der Waals surface area contributed by atoms with Gasteiger partial charge in [-0.3, -0.25) is 0 Å². The highest BCUT2D eigenvalue weighted by Gasteiger charge is 2.18. The molecular weight excluding hydrogens is 214 g/mol. The molecule has 1 atom stereocenters. The number of phenolic OH excluding ortho intramolecular Hbond substituents is 1. The summed E-state index contributed by atoms with van der Waals surface area (Å²) in [5.74, 6) is 0.500. The first-order valence-corrected chi connectivity index (χ1v) is 5.16. The molecule has 0 aliphatic rings. The number of halogens is 1. The zero-order valence-corrected chi connectivity index (χ0v) is 9.93. The van der Waals surface area contributed by atoms with Gasteiger partial charge in [0.15, 0.2) is 11.5 Å². The predicted octanol–water partition coefficient (Wildman–Crippen LogP) is 2.42. The van der Waals surface area contributed by atoms with Gasteiger partial charge >= 0.3 is 0 Å². The Hall–Kier alpha value is -0.930. The van der Waals surface area contributed by atoms with Crippen molar-refractivity contribution in [2.24, 2.45) is 5.73 Å². The molecule has 0 fully saturated rings. The van der Waals surface area contributed by atoms with Gasteiger partial charge in [-0.2, -0.15) is 0 Å². The average molecular weight is 230 g/mol. The Morgan fingerprint density at radius 2 is 2.20 bits per heavy atom. The first kappa shape index (κ1) is 12.1. The number of ether oxygens (including phenoxy) is 1. The van der Waals surface area contributed by atoms with E-state index in [2.05, 4.69) is 0 Å². The van der Waals surface area contributed by atoms with Crippen molar-refractivity contribution in [3.63, 3.8) is 0 Å². The highest BCUT2D eigenvalue weighted by Crippen LogP contribution is 2.41. The summed E-state index contributed by atoms with van der Waals surface area (Å²) in [7, 11) is 1.50. The molecule has 0 saturated heterocycles. The maximum Gasteiger partial charge on any atom is 0.177 e. The van der Waals surface area contributed by atoms with E-state index in [9.17, 15) is 5.11 Å². The lowest BCUT2D eigenvalue weighted by molar-refractivity contribution is 0.372. The van der Waals surface area contributed by atoms with Gasteiger partial charge < -0.3 is 15.6 Å². The average Bonchev–Trinajstić information content (AvgIpc) is 2.23. The van der Waals surface area contributed by atoms with Crippen molar-refractivity contribution < 1.29 is 9.84 Å². The topological polar surface area (TPSA) is 55.5 Å². The number of nitrogens with two attached hydrogens (primary N) is 1. The summed E-state index contributed by atoms with van der Waals surface area (Å²) in [6, 6.07) is 1.77. The molecule has 0 aliphatic heterocycles. The quantitative estimate of drug-likeness (QED) is 0.837. The third-order valence-electron chi connectivity index (χ3n) is 2.52. The van der Waals surface area contributed by atoms with Crippen LogP contribution in [0.2, 0.25) is 5.02 Å². The Labute approximate surface area is 94.8 Å². The van der Waals surface area contributed by atoms with Gasteiger partial charge in [0.05, 0.1) is 12.1 Å². The van der Waals surface area contributed by atoms with Crippen LogP contribution in [0.4, 0.5) is 0 Å². The van der Waals surface area contributed by atoms with E-state index < -0.39 is 0 Å². The second-order valence-corrected chi connectivity index (χ2v) is 3.99. The molecule has 0 aromatic heterocycles. The van der Waals surface area contributed by atoms with Crippen molar-refractivity contribution in [3.05, 3.63) is 22.2 Å². The Kier molecular flexibility index (Phi) is 3.83. The molecule has 0 saturated carbocycles.